The van der Waals surface area contributed by atoms with Gasteiger partial charge in [0, 0.05) is 19.9 Å². The van der Waals surface area contributed by atoms with Crippen molar-refractivity contribution in [2.24, 2.45) is 0 Å². The number of benzene rings is 1. The van der Waals surface area contributed by atoms with Gasteiger partial charge in [-0.15, -0.1) is 0 Å². The van der Waals surface area contributed by atoms with Gasteiger partial charge in [0.1, 0.15) is 5.82 Å². The van der Waals surface area contributed by atoms with Gasteiger partial charge in [-0.3, -0.25) is 4.79 Å². The smallest absolute Gasteiger partial charge is 0.257 e. The molecule has 0 radical (unpaired) electrons. The van der Waals surface area contributed by atoms with E-state index in [0.717, 1.165) is 19.3 Å². The third-order valence-electron chi connectivity index (χ3n) is 4.64. The number of ether oxygens (including phenoxy) is 1. The van der Waals surface area contributed by atoms with E-state index in [0.29, 0.717) is 12.1 Å². The molecular formula is C19H23N3O2. The van der Waals surface area contributed by atoms with Crippen molar-refractivity contribution >= 4 is 11.7 Å². The number of hydrogen-bond acceptors (Lipinski definition) is 4. The molecule has 2 aromatic rings. The highest BCUT2D eigenvalue weighted by Crippen LogP contribution is 2.26. The first-order valence-corrected chi connectivity index (χ1v) is 8.29. The number of nitrogens with zero attached hydrogens (tertiary/aromatic N) is 2. The molecule has 1 amide bonds. The molecule has 1 aliphatic rings. The second-order valence-electron chi connectivity index (χ2n) is 6.11. The summed E-state index contributed by atoms with van der Waals surface area (Å²) in [7, 11) is 1.72. The van der Waals surface area contributed by atoms with E-state index in [-0.39, 0.29) is 23.9 Å². The SMILES string of the molecule is CO[C@H]1CCCN(C(=O)c2cccnc2N)[C@H]1Cc1ccccc1. The van der Waals surface area contributed by atoms with Gasteiger partial charge in [0.2, 0.25) is 0 Å². The van der Waals surface area contributed by atoms with Gasteiger partial charge < -0.3 is 15.4 Å². The maximum absolute atomic E-state index is 13.0. The molecule has 0 bridgehead atoms. The number of carbonyl (C=O) groups excluding carboxylic acids is 1. The van der Waals surface area contributed by atoms with Gasteiger partial charge in [-0.05, 0) is 37.0 Å². The topological polar surface area (TPSA) is 68.5 Å². The van der Waals surface area contributed by atoms with E-state index in [9.17, 15) is 4.79 Å². The predicted octanol–water partition coefficient (Wildman–Crippen LogP) is 2.53. The highest BCUT2D eigenvalue weighted by atomic mass is 16.5. The molecule has 0 aliphatic carbocycles. The molecule has 5 heteroatoms. The van der Waals surface area contributed by atoms with E-state index < -0.39 is 0 Å². The van der Waals surface area contributed by atoms with Crippen LogP contribution in [0, 0.1) is 0 Å². The molecule has 5 nitrogen and oxygen atoms in total. The molecule has 2 heterocycles. The summed E-state index contributed by atoms with van der Waals surface area (Å²) in [6.45, 7) is 0.713. The first kappa shape index (κ1) is 16.5. The zero-order chi connectivity index (χ0) is 16.9. The first-order chi connectivity index (χ1) is 11.7. The Morgan fingerprint density at radius 3 is 2.79 bits per heavy atom. The monoisotopic (exact) mass is 325 g/mol. The third-order valence-corrected chi connectivity index (χ3v) is 4.64. The van der Waals surface area contributed by atoms with E-state index in [1.54, 1.807) is 25.4 Å². The standard InChI is InChI=1S/C19H23N3O2/c1-24-17-10-6-12-22(16(17)13-14-7-3-2-4-8-14)19(23)15-9-5-11-21-18(15)20/h2-5,7-9,11,16-17H,6,10,12-13H2,1H3,(H2,20,21)/t16-,17-/m0/s1. The Morgan fingerprint density at radius 1 is 1.29 bits per heavy atom. The Bertz CT molecular complexity index is 690. The Kier molecular flexibility index (Phi) is 5.11. The summed E-state index contributed by atoms with van der Waals surface area (Å²) in [5, 5.41) is 0. The fourth-order valence-electron chi connectivity index (χ4n) is 3.40. The van der Waals surface area contributed by atoms with Crippen molar-refractivity contribution in [3.05, 3.63) is 59.8 Å². The number of pyridine rings is 1. The van der Waals surface area contributed by atoms with E-state index in [2.05, 4.69) is 17.1 Å². The minimum atomic E-state index is -0.0664. The highest BCUT2D eigenvalue weighted by Gasteiger charge is 2.35. The number of rotatable bonds is 4. The number of nitrogen functional groups attached to an aromatic ring is 1. The molecule has 1 aliphatic heterocycles. The summed E-state index contributed by atoms with van der Waals surface area (Å²) in [6.07, 6.45) is 4.28. The van der Waals surface area contributed by atoms with Crippen LogP contribution < -0.4 is 5.73 Å². The summed E-state index contributed by atoms with van der Waals surface area (Å²) < 4.78 is 5.68. The van der Waals surface area contributed by atoms with Crippen molar-refractivity contribution in [1.82, 2.24) is 9.88 Å². The zero-order valence-corrected chi connectivity index (χ0v) is 13.9. The van der Waals surface area contributed by atoms with Gasteiger partial charge in [0.05, 0.1) is 17.7 Å². The Balaban J connectivity index is 1.88. The predicted molar refractivity (Wildman–Crippen MR) is 93.7 cm³/mol. The molecule has 1 saturated heterocycles. The second kappa shape index (κ2) is 7.45. The number of anilines is 1. The van der Waals surface area contributed by atoms with Crippen molar-refractivity contribution in [2.75, 3.05) is 19.4 Å². The van der Waals surface area contributed by atoms with Crippen LogP contribution in [-0.4, -0.2) is 41.6 Å². The lowest BCUT2D eigenvalue weighted by molar-refractivity contribution is -0.0117. The molecule has 2 atom stereocenters. The van der Waals surface area contributed by atoms with Gasteiger partial charge in [-0.2, -0.15) is 0 Å². The lowest BCUT2D eigenvalue weighted by atomic mass is 9.92. The van der Waals surface area contributed by atoms with Crippen molar-refractivity contribution < 1.29 is 9.53 Å². The lowest BCUT2D eigenvalue weighted by Crippen LogP contribution is -2.52. The van der Waals surface area contributed by atoms with Crippen molar-refractivity contribution in [3.63, 3.8) is 0 Å². The fourth-order valence-corrected chi connectivity index (χ4v) is 3.40. The highest BCUT2D eigenvalue weighted by molar-refractivity contribution is 5.98. The van der Waals surface area contributed by atoms with Crippen molar-refractivity contribution in [2.45, 2.75) is 31.4 Å². The average Bonchev–Trinajstić information content (AvgIpc) is 2.62. The minimum absolute atomic E-state index is 0.00161. The van der Waals surface area contributed by atoms with Crippen LogP contribution in [0.2, 0.25) is 0 Å². The van der Waals surface area contributed by atoms with E-state index in [1.807, 2.05) is 23.1 Å². The summed E-state index contributed by atoms with van der Waals surface area (Å²) in [5.41, 5.74) is 7.57. The van der Waals surface area contributed by atoms with Crippen molar-refractivity contribution in [3.8, 4) is 0 Å². The summed E-state index contributed by atoms with van der Waals surface area (Å²) >= 11 is 0. The maximum atomic E-state index is 13.0. The van der Waals surface area contributed by atoms with Gasteiger partial charge >= 0.3 is 0 Å². The van der Waals surface area contributed by atoms with Gasteiger partial charge in [0.15, 0.2) is 0 Å². The van der Waals surface area contributed by atoms with E-state index in [1.165, 1.54) is 5.56 Å². The number of methoxy groups -OCH3 is 1. The van der Waals surface area contributed by atoms with E-state index >= 15 is 0 Å². The molecule has 1 aromatic carbocycles. The maximum Gasteiger partial charge on any atom is 0.257 e. The largest absolute Gasteiger partial charge is 0.383 e. The summed E-state index contributed by atoms with van der Waals surface area (Å²) in [5.74, 6) is 0.212. The minimum Gasteiger partial charge on any atom is -0.383 e. The number of hydrogen-bond donors (Lipinski definition) is 1. The summed E-state index contributed by atoms with van der Waals surface area (Å²) in [4.78, 5) is 19.0. The average molecular weight is 325 g/mol. The molecular weight excluding hydrogens is 302 g/mol. The number of amides is 1. The molecule has 1 fully saturated rings. The molecule has 24 heavy (non-hydrogen) atoms. The van der Waals surface area contributed by atoms with Crippen LogP contribution in [0.4, 0.5) is 5.82 Å². The first-order valence-electron chi connectivity index (χ1n) is 8.29. The van der Waals surface area contributed by atoms with Crippen LogP contribution in [0.5, 0.6) is 0 Å². The van der Waals surface area contributed by atoms with Crippen molar-refractivity contribution in [1.29, 1.82) is 0 Å². The molecule has 0 saturated carbocycles. The molecule has 126 valence electrons. The van der Waals surface area contributed by atoms with Crippen LogP contribution in [0.3, 0.4) is 0 Å². The van der Waals surface area contributed by atoms with Gasteiger partial charge in [-0.25, -0.2) is 4.98 Å². The van der Waals surface area contributed by atoms with Gasteiger partial charge in [0.25, 0.3) is 5.91 Å². The number of aromatic nitrogens is 1. The van der Waals surface area contributed by atoms with Crippen LogP contribution in [0.15, 0.2) is 48.7 Å². The second-order valence-corrected chi connectivity index (χ2v) is 6.11. The zero-order valence-electron chi connectivity index (χ0n) is 13.9. The fraction of sp³-hybridized carbons (Fsp3) is 0.368. The number of nitrogens with two attached hydrogens (primary N) is 1. The quantitative estimate of drug-likeness (QED) is 0.938. The Labute approximate surface area is 142 Å². The van der Waals surface area contributed by atoms with Crippen LogP contribution >= 0.6 is 0 Å². The number of piperidine rings is 1. The molecule has 0 spiro atoms. The van der Waals surface area contributed by atoms with Gasteiger partial charge in [-0.1, -0.05) is 30.3 Å². The Hall–Kier alpha value is -2.40. The molecule has 2 N–H and O–H groups in total. The van der Waals surface area contributed by atoms with Crippen LogP contribution in [-0.2, 0) is 11.2 Å². The van der Waals surface area contributed by atoms with Crippen LogP contribution in [0.1, 0.15) is 28.8 Å². The van der Waals surface area contributed by atoms with Crippen LogP contribution in [0.25, 0.3) is 0 Å². The molecule has 1 aromatic heterocycles. The Morgan fingerprint density at radius 2 is 2.08 bits per heavy atom. The normalized spacial score (nSPS) is 20.8. The molecule has 3 rings (SSSR count). The molecule has 0 unspecified atom stereocenters. The summed E-state index contributed by atoms with van der Waals surface area (Å²) in [6, 6.07) is 13.7. The number of likely N-dealkylation sites (tertiary alicyclic amines) is 1. The van der Waals surface area contributed by atoms with E-state index in [4.69, 9.17) is 10.5 Å². The third kappa shape index (κ3) is 3.41. The lowest BCUT2D eigenvalue weighted by Gasteiger charge is -2.41. The number of carbonyl (C=O) groups is 1.